The smallest absolute Gasteiger partial charge is 0.237 e. The predicted octanol–water partition coefficient (Wildman–Crippen LogP) is 1.42. The highest BCUT2D eigenvalue weighted by Gasteiger charge is 2.23. The highest BCUT2D eigenvalue weighted by atomic mass is 32.2. The summed E-state index contributed by atoms with van der Waals surface area (Å²) in [5.74, 6) is 1.17. The van der Waals surface area contributed by atoms with E-state index in [-0.39, 0.29) is 12.5 Å². The van der Waals surface area contributed by atoms with Crippen molar-refractivity contribution in [2.24, 2.45) is 5.92 Å². The van der Waals surface area contributed by atoms with Gasteiger partial charge < -0.3 is 9.64 Å². The largest absolute Gasteiger partial charge is 0.497 e. The van der Waals surface area contributed by atoms with Crippen molar-refractivity contribution in [3.05, 3.63) is 29.8 Å². The summed E-state index contributed by atoms with van der Waals surface area (Å²) in [6.45, 7) is 1.27. The maximum atomic E-state index is 12.1. The molecular weight excluding hydrogens is 328 g/mol. The summed E-state index contributed by atoms with van der Waals surface area (Å²) in [5, 5.41) is 0. The number of carbonyl (C=O) groups is 1. The van der Waals surface area contributed by atoms with Crippen molar-refractivity contribution in [2.45, 2.75) is 25.7 Å². The van der Waals surface area contributed by atoms with E-state index in [4.69, 9.17) is 4.74 Å². The number of nitrogens with one attached hydrogen (secondary N) is 1. The quantitative estimate of drug-likeness (QED) is 0.803. The molecule has 1 aliphatic heterocycles. The third kappa shape index (κ3) is 6.13. The van der Waals surface area contributed by atoms with Gasteiger partial charge >= 0.3 is 0 Å². The van der Waals surface area contributed by atoms with Gasteiger partial charge in [-0.3, -0.25) is 4.79 Å². The van der Waals surface area contributed by atoms with Crippen molar-refractivity contribution in [3.63, 3.8) is 0 Å². The molecular formula is C17H26N2O4S. The molecule has 6 nitrogen and oxygen atoms in total. The molecule has 1 N–H and O–H groups in total. The number of hydrogen-bond acceptors (Lipinski definition) is 4. The van der Waals surface area contributed by atoms with Crippen LogP contribution in [-0.4, -0.2) is 52.2 Å². The van der Waals surface area contributed by atoms with E-state index in [0.717, 1.165) is 37.7 Å². The number of ether oxygens (including phenoxy) is 1. The maximum absolute atomic E-state index is 12.1. The Kier molecular flexibility index (Phi) is 6.62. The molecule has 1 aromatic rings. The Morgan fingerprint density at radius 2 is 2.04 bits per heavy atom. The molecule has 1 amide bonds. The van der Waals surface area contributed by atoms with Crippen molar-refractivity contribution >= 4 is 15.9 Å². The number of sulfonamides is 1. The summed E-state index contributed by atoms with van der Waals surface area (Å²) in [6.07, 6.45) is 5.14. The van der Waals surface area contributed by atoms with Crippen molar-refractivity contribution in [1.29, 1.82) is 0 Å². The second-order valence-corrected chi connectivity index (χ2v) is 8.16. The second-order valence-electron chi connectivity index (χ2n) is 6.33. The number of amides is 1. The number of rotatable bonds is 7. The fourth-order valence-corrected chi connectivity index (χ4v) is 3.38. The van der Waals surface area contributed by atoms with Gasteiger partial charge in [0.15, 0.2) is 0 Å². The number of piperidine rings is 1. The lowest BCUT2D eigenvalue weighted by Crippen LogP contribution is -2.44. The zero-order valence-electron chi connectivity index (χ0n) is 14.3. The van der Waals surface area contributed by atoms with Crippen LogP contribution >= 0.6 is 0 Å². The summed E-state index contributed by atoms with van der Waals surface area (Å²) in [4.78, 5) is 13.9. The first-order valence-electron chi connectivity index (χ1n) is 8.23. The third-order valence-electron chi connectivity index (χ3n) is 4.36. The van der Waals surface area contributed by atoms with E-state index in [1.807, 2.05) is 12.1 Å². The van der Waals surface area contributed by atoms with Gasteiger partial charge in [0.1, 0.15) is 5.75 Å². The monoisotopic (exact) mass is 354 g/mol. The van der Waals surface area contributed by atoms with Gasteiger partial charge in [0.05, 0.1) is 19.9 Å². The standard InChI is InChI=1S/C17H26N2O4S/c1-23-16-9-7-14(8-10-16)5-6-15-4-3-11-19(13-15)17(20)12-18-24(2,21)22/h7-10,15,18H,3-6,11-13H2,1-2H3/t15-/m0/s1. The van der Waals surface area contributed by atoms with Gasteiger partial charge in [0.25, 0.3) is 0 Å². The molecule has 1 aliphatic rings. The highest BCUT2D eigenvalue weighted by molar-refractivity contribution is 7.88. The van der Waals surface area contributed by atoms with Crippen LogP contribution < -0.4 is 9.46 Å². The minimum atomic E-state index is -3.33. The fourth-order valence-electron chi connectivity index (χ4n) is 2.99. The second kappa shape index (κ2) is 8.48. The lowest BCUT2D eigenvalue weighted by atomic mass is 9.91. The van der Waals surface area contributed by atoms with Gasteiger partial charge in [-0.1, -0.05) is 12.1 Å². The topological polar surface area (TPSA) is 75.7 Å². The predicted molar refractivity (Wildman–Crippen MR) is 93.5 cm³/mol. The van der Waals surface area contributed by atoms with Crippen molar-refractivity contribution in [1.82, 2.24) is 9.62 Å². The molecule has 0 saturated carbocycles. The molecule has 1 aromatic carbocycles. The fraction of sp³-hybridized carbons (Fsp3) is 0.588. The third-order valence-corrected chi connectivity index (χ3v) is 5.03. The molecule has 1 saturated heterocycles. The van der Waals surface area contributed by atoms with Gasteiger partial charge in [0.2, 0.25) is 15.9 Å². The molecule has 2 rings (SSSR count). The first-order chi connectivity index (χ1) is 11.4. The average Bonchev–Trinajstić information content (AvgIpc) is 2.58. The molecule has 1 heterocycles. The van der Waals surface area contributed by atoms with Gasteiger partial charge in [0, 0.05) is 13.1 Å². The van der Waals surface area contributed by atoms with Crippen molar-refractivity contribution < 1.29 is 17.9 Å². The normalized spacial score (nSPS) is 18.4. The zero-order valence-corrected chi connectivity index (χ0v) is 15.1. The zero-order chi connectivity index (χ0) is 17.6. The first-order valence-corrected chi connectivity index (χ1v) is 10.1. The first kappa shape index (κ1) is 18.7. The molecule has 0 aliphatic carbocycles. The number of carbonyl (C=O) groups excluding carboxylic acids is 1. The Hall–Kier alpha value is -1.60. The maximum Gasteiger partial charge on any atom is 0.237 e. The van der Waals surface area contributed by atoms with Crippen molar-refractivity contribution in [3.8, 4) is 5.75 Å². The summed E-state index contributed by atoms with van der Waals surface area (Å²) < 4.78 is 29.6. The average molecular weight is 354 g/mol. The van der Waals surface area contributed by atoms with Crippen LogP contribution in [0, 0.1) is 5.92 Å². The van der Waals surface area contributed by atoms with Crippen LogP contribution in [0.5, 0.6) is 5.75 Å². The van der Waals surface area contributed by atoms with Crippen LogP contribution in [-0.2, 0) is 21.2 Å². The molecule has 0 bridgehead atoms. The molecule has 0 aromatic heterocycles. The van der Waals surface area contributed by atoms with E-state index < -0.39 is 10.0 Å². The van der Waals surface area contributed by atoms with Gasteiger partial charge in [-0.15, -0.1) is 0 Å². The summed E-state index contributed by atoms with van der Waals surface area (Å²) in [7, 11) is -1.68. The van der Waals surface area contributed by atoms with E-state index in [0.29, 0.717) is 19.0 Å². The molecule has 1 atom stereocenters. The van der Waals surface area contributed by atoms with Crippen LogP contribution in [0.1, 0.15) is 24.8 Å². The lowest BCUT2D eigenvalue weighted by molar-refractivity contribution is -0.131. The molecule has 0 unspecified atom stereocenters. The van der Waals surface area contributed by atoms with Crippen LogP contribution in [0.2, 0.25) is 0 Å². The molecule has 7 heteroatoms. The number of benzene rings is 1. The van der Waals surface area contributed by atoms with Gasteiger partial charge in [-0.05, 0) is 49.3 Å². The van der Waals surface area contributed by atoms with E-state index in [1.54, 1.807) is 12.0 Å². The number of likely N-dealkylation sites (tertiary alicyclic amines) is 1. The summed E-state index contributed by atoms with van der Waals surface area (Å²) >= 11 is 0. The Morgan fingerprint density at radius 1 is 1.33 bits per heavy atom. The Morgan fingerprint density at radius 3 is 2.67 bits per heavy atom. The molecule has 0 spiro atoms. The number of hydrogen-bond donors (Lipinski definition) is 1. The van der Waals surface area contributed by atoms with Crippen LogP contribution in [0.15, 0.2) is 24.3 Å². The highest BCUT2D eigenvalue weighted by Crippen LogP contribution is 2.22. The molecule has 134 valence electrons. The molecule has 1 fully saturated rings. The van der Waals surface area contributed by atoms with Crippen molar-refractivity contribution in [2.75, 3.05) is 33.0 Å². The van der Waals surface area contributed by atoms with Crippen LogP contribution in [0.25, 0.3) is 0 Å². The van der Waals surface area contributed by atoms with E-state index in [2.05, 4.69) is 16.9 Å². The van der Waals surface area contributed by atoms with E-state index in [9.17, 15) is 13.2 Å². The number of methoxy groups -OCH3 is 1. The lowest BCUT2D eigenvalue weighted by Gasteiger charge is -2.33. The minimum Gasteiger partial charge on any atom is -0.497 e. The van der Waals surface area contributed by atoms with Gasteiger partial charge in [-0.25, -0.2) is 13.1 Å². The Labute approximate surface area is 144 Å². The van der Waals surface area contributed by atoms with Crippen LogP contribution in [0.4, 0.5) is 0 Å². The number of aryl methyl sites for hydroxylation is 1. The van der Waals surface area contributed by atoms with E-state index in [1.165, 1.54) is 5.56 Å². The Balaban J connectivity index is 1.80. The SMILES string of the molecule is COc1ccc(CC[C@@H]2CCCN(C(=O)CNS(C)(=O)=O)C2)cc1. The summed E-state index contributed by atoms with van der Waals surface area (Å²) in [5.41, 5.74) is 1.26. The van der Waals surface area contributed by atoms with E-state index >= 15 is 0 Å². The Bertz CT molecular complexity index is 643. The molecule has 0 radical (unpaired) electrons. The molecule has 24 heavy (non-hydrogen) atoms. The number of nitrogens with zero attached hydrogens (tertiary/aromatic N) is 1. The van der Waals surface area contributed by atoms with Gasteiger partial charge in [-0.2, -0.15) is 0 Å². The van der Waals surface area contributed by atoms with Crippen LogP contribution in [0.3, 0.4) is 0 Å². The minimum absolute atomic E-state index is 0.144. The summed E-state index contributed by atoms with van der Waals surface area (Å²) in [6, 6.07) is 8.06.